The lowest BCUT2D eigenvalue weighted by molar-refractivity contribution is 0.0827. The molecule has 2 aliphatic rings. The van der Waals surface area contributed by atoms with Crippen LogP contribution in [0.25, 0.3) is 22.4 Å². The highest BCUT2D eigenvalue weighted by atomic mass is 32.2. The minimum Gasteiger partial charge on any atom is -0.396 e. The molecule has 1 aliphatic heterocycles. The fourth-order valence-corrected chi connectivity index (χ4v) is 6.93. The van der Waals surface area contributed by atoms with Gasteiger partial charge < -0.3 is 15.3 Å². The topological polar surface area (TPSA) is 103 Å². The lowest BCUT2D eigenvalue weighted by atomic mass is 9.92. The highest BCUT2D eigenvalue weighted by Crippen LogP contribution is 2.44. The predicted octanol–water partition coefficient (Wildman–Crippen LogP) is 5.10. The summed E-state index contributed by atoms with van der Waals surface area (Å²) in [6.07, 6.45) is 3.46. The highest BCUT2D eigenvalue weighted by Gasteiger charge is 2.40. The van der Waals surface area contributed by atoms with Crippen molar-refractivity contribution in [2.24, 2.45) is 0 Å². The van der Waals surface area contributed by atoms with E-state index in [9.17, 15) is 18.9 Å². The summed E-state index contributed by atoms with van der Waals surface area (Å²) in [7, 11) is 2.13. The van der Waals surface area contributed by atoms with E-state index in [1.54, 1.807) is 19.0 Å². The van der Waals surface area contributed by atoms with Crippen molar-refractivity contribution in [3.05, 3.63) is 77.0 Å². The SMILES string of the molecule is CN(C)C(=O)c1ccc(-c2cccc(-c3nc(C(=O)NC4CCC4)cc4c3[C@@H](CCO)N([S@](=O)C(C)(C)C)C4)c2)cc1. The molecule has 9 heteroatoms. The van der Waals surface area contributed by atoms with Crippen LogP contribution < -0.4 is 5.32 Å². The van der Waals surface area contributed by atoms with Crippen molar-refractivity contribution in [1.82, 2.24) is 19.5 Å². The van der Waals surface area contributed by atoms with Gasteiger partial charge >= 0.3 is 0 Å². The number of aliphatic hydroxyl groups is 1. The summed E-state index contributed by atoms with van der Waals surface area (Å²) >= 11 is 0. The molecule has 1 aromatic heterocycles. The van der Waals surface area contributed by atoms with Crippen LogP contribution in [0.3, 0.4) is 0 Å². The molecule has 0 saturated heterocycles. The second kappa shape index (κ2) is 12.1. The van der Waals surface area contributed by atoms with Gasteiger partial charge in [-0.15, -0.1) is 0 Å². The fraction of sp³-hybridized carbons (Fsp3) is 0.424. The zero-order valence-electron chi connectivity index (χ0n) is 25.0. The number of carbonyl (C=O) groups is 2. The summed E-state index contributed by atoms with van der Waals surface area (Å²) in [5.74, 6) is -0.255. The summed E-state index contributed by atoms with van der Waals surface area (Å²) < 4.78 is 15.1. The number of benzene rings is 2. The number of rotatable bonds is 8. The Bertz CT molecular complexity index is 1510. The fourth-order valence-electron chi connectivity index (χ4n) is 5.53. The largest absolute Gasteiger partial charge is 0.396 e. The molecule has 0 radical (unpaired) electrons. The molecular weight excluding hydrogens is 548 g/mol. The predicted molar refractivity (Wildman–Crippen MR) is 166 cm³/mol. The zero-order chi connectivity index (χ0) is 30.2. The van der Waals surface area contributed by atoms with Crippen molar-refractivity contribution >= 4 is 22.8 Å². The third kappa shape index (κ3) is 6.04. The van der Waals surface area contributed by atoms with Crippen molar-refractivity contribution < 1.29 is 18.9 Å². The molecule has 3 aromatic rings. The van der Waals surface area contributed by atoms with Crippen LogP contribution in [0.1, 0.15) is 84.5 Å². The zero-order valence-corrected chi connectivity index (χ0v) is 25.8. The first-order valence-corrected chi connectivity index (χ1v) is 15.6. The smallest absolute Gasteiger partial charge is 0.270 e. The second-order valence-electron chi connectivity index (χ2n) is 12.4. The molecule has 2 atom stereocenters. The van der Waals surface area contributed by atoms with Crippen molar-refractivity contribution in [1.29, 1.82) is 0 Å². The molecule has 0 spiro atoms. The Balaban J connectivity index is 1.59. The number of aliphatic hydroxyl groups excluding tert-OH is 1. The molecule has 1 aliphatic carbocycles. The molecule has 0 bridgehead atoms. The van der Waals surface area contributed by atoms with Crippen LogP contribution in [-0.4, -0.2) is 66.8 Å². The van der Waals surface area contributed by atoms with E-state index in [-0.39, 0.29) is 30.5 Å². The molecule has 2 N–H and O–H groups in total. The third-order valence-electron chi connectivity index (χ3n) is 7.97. The molecule has 0 unspecified atom stereocenters. The Kier molecular flexibility index (Phi) is 8.64. The van der Waals surface area contributed by atoms with E-state index >= 15 is 0 Å². The van der Waals surface area contributed by atoms with Gasteiger partial charge in [0.1, 0.15) is 16.7 Å². The highest BCUT2D eigenvalue weighted by molar-refractivity contribution is 7.84. The van der Waals surface area contributed by atoms with E-state index < -0.39 is 15.7 Å². The van der Waals surface area contributed by atoms with Gasteiger partial charge in [-0.25, -0.2) is 13.5 Å². The summed E-state index contributed by atoms with van der Waals surface area (Å²) in [6, 6.07) is 17.2. The third-order valence-corrected chi connectivity index (χ3v) is 9.83. The Labute approximate surface area is 250 Å². The number of amides is 2. The van der Waals surface area contributed by atoms with Crippen LogP contribution in [0.15, 0.2) is 54.6 Å². The number of nitrogens with zero attached hydrogens (tertiary/aromatic N) is 3. The molecule has 8 nitrogen and oxygen atoms in total. The first kappa shape index (κ1) is 30.1. The van der Waals surface area contributed by atoms with Crippen molar-refractivity contribution in [2.45, 2.75) is 69.8 Å². The quantitative estimate of drug-likeness (QED) is 0.381. The molecule has 5 rings (SSSR count). The molecule has 2 amide bonds. The number of pyridine rings is 1. The maximum Gasteiger partial charge on any atom is 0.270 e. The van der Waals surface area contributed by atoms with E-state index in [2.05, 4.69) is 5.32 Å². The molecule has 1 saturated carbocycles. The van der Waals surface area contributed by atoms with Gasteiger partial charge in [-0.1, -0.05) is 30.3 Å². The maximum absolute atomic E-state index is 13.7. The molecule has 222 valence electrons. The van der Waals surface area contributed by atoms with E-state index in [4.69, 9.17) is 4.98 Å². The van der Waals surface area contributed by atoms with Crippen LogP contribution in [0, 0.1) is 0 Å². The molecule has 2 aromatic carbocycles. The number of aromatic nitrogens is 1. The average molecular weight is 589 g/mol. The van der Waals surface area contributed by atoms with E-state index in [1.165, 1.54) is 0 Å². The van der Waals surface area contributed by atoms with Gasteiger partial charge in [0.25, 0.3) is 11.8 Å². The molecule has 42 heavy (non-hydrogen) atoms. The van der Waals surface area contributed by atoms with E-state index in [1.807, 2.05) is 79.7 Å². The minimum atomic E-state index is -1.33. The van der Waals surface area contributed by atoms with Gasteiger partial charge in [0.05, 0.1) is 16.5 Å². The van der Waals surface area contributed by atoms with E-state index in [0.29, 0.717) is 29.9 Å². The minimum absolute atomic E-state index is 0.0563. The number of nitrogens with one attached hydrogen (secondary N) is 1. The van der Waals surface area contributed by atoms with Gasteiger partial charge in [0.2, 0.25) is 0 Å². The standard InChI is InChI=1S/C33H40N4O4S/c1-33(2,3)42(41)37-20-25-19-27(31(39)34-26-10-7-11-26)35-30(29(25)28(37)16-17-38)24-9-6-8-23(18-24)21-12-14-22(15-13-21)32(40)36(4)5/h6,8-9,12-15,18-19,26,28,38H,7,10-11,16-17,20H2,1-5H3,(H,34,39)/t28-,42-/m1/s1. The second-order valence-corrected chi connectivity index (χ2v) is 14.5. The van der Waals surface area contributed by atoms with Crippen LogP contribution >= 0.6 is 0 Å². The summed E-state index contributed by atoms with van der Waals surface area (Å²) in [6.45, 7) is 6.17. The first-order chi connectivity index (χ1) is 20.0. The van der Waals surface area contributed by atoms with Gasteiger partial charge in [0, 0.05) is 50.0 Å². The maximum atomic E-state index is 13.7. The number of hydrogen-bond acceptors (Lipinski definition) is 5. The van der Waals surface area contributed by atoms with Gasteiger partial charge in [-0.2, -0.15) is 0 Å². The Hall–Kier alpha value is -3.40. The van der Waals surface area contributed by atoms with Crippen molar-refractivity contribution in [3.8, 4) is 22.4 Å². The summed E-state index contributed by atoms with van der Waals surface area (Å²) in [5, 5.41) is 13.2. The van der Waals surface area contributed by atoms with Crippen molar-refractivity contribution in [3.63, 3.8) is 0 Å². The van der Waals surface area contributed by atoms with Gasteiger partial charge in [-0.05, 0) is 87.4 Å². The number of carbonyl (C=O) groups excluding carboxylic acids is 2. The van der Waals surface area contributed by atoms with Crippen LogP contribution in [0.4, 0.5) is 0 Å². The summed E-state index contributed by atoms with van der Waals surface area (Å²) in [5.41, 5.74) is 6.18. The van der Waals surface area contributed by atoms with Crippen LogP contribution in [0.2, 0.25) is 0 Å². The Morgan fingerprint density at radius 3 is 2.33 bits per heavy atom. The van der Waals surface area contributed by atoms with Gasteiger partial charge in [-0.3, -0.25) is 9.59 Å². The number of hydrogen-bond donors (Lipinski definition) is 2. The van der Waals surface area contributed by atoms with Crippen LogP contribution in [-0.2, 0) is 17.5 Å². The van der Waals surface area contributed by atoms with Crippen LogP contribution in [0.5, 0.6) is 0 Å². The monoisotopic (exact) mass is 588 g/mol. The lowest BCUT2D eigenvalue weighted by Crippen LogP contribution is -2.39. The van der Waals surface area contributed by atoms with E-state index in [0.717, 1.165) is 47.1 Å². The molecule has 1 fully saturated rings. The Morgan fingerprint density at radius 2 is 1.74 bits per heavy atom. The number of fused-ring (bicyclic) bond motifs is 1. The van der Waals surface area contributed by atoms with Crippen molar-refractivity contribution in [2.75, 3.05) is 20.7 Å². The average Bonchev–Trinajstić information content (AvgIpc) is 3.31. The first-order valence-electron chi connectivity index (χ1n) is 14.5. The normalized spacial score (nSPS) is 17.8. The van der Waals surface area contributed by atoms with Gasteiger partial charge in [0.15, 0.2) is 0 Å². The summed E-state index contributed by atoms with van der Waals surface area (Å²) in [4.78, 5) is 32.2. The Morgan fingerprint density at radius 1 is 1.05 bits per heavy atom. The molecular formula is C33H40N4O4S. The lowest BCUT2D eigenvalue weighted by Gasteiger charge is -2.30. The molecule has 2 heterocycles.